The summed E-state index contributed by atoms with van der Waals surface area (Å²) in [6.45, 7) is 3.50. The second-order valence-corrected chi connectivity index (χ2v) is 5.36. The molecule has 0 aliphatic carbocycles. The van der Waals surface area contributed by atoms with Crippen molar-refractivity contribution in [2.75, 3.05) is 18.8 Å². The molecule has 0 spiro atoms. The highest BCUT2D eigenvalue weighted by atomic mass is 32.1. The Labute approximate surface area is 95.3 Å². The van der Waals surface area contributed by atoms with Gasteiger partial charge in [0.2, 0.25) is 0 Å². The normalized spacial score (nSPS) is 19.7. The smallest absolute Gasteiger partial charge is 0.180 e. The van der Waals surface area contributed by atoms with E-state index in [1.54, 1.807) is 11.3 Å². The quantitative estimate of drug-likeness (QED) is 0.841. The Hall–Kier alpha value is -0.610. The highest BCUT2D eigenvalue weighted by Crippen LogP contribution is 2.18. The number of nitrogens with zero attached hydrogens (tertiary/aromatic N) is 2. The summed E-state index contributed by atoms with van der Waals surface area (Å²) in [5.74, 6) is 0. The predicted molar refractivity (Wildman–Crippen MR) is 64.9 cm³/mol. The van der Waals surface area contributed by atoms with E-state index in [9.17, 15) is 0 Å². The third-order valence-corrected chi connectivity index (χ3v) is 3.71. The van der Waals surface area contributed by atoms with Crippen LogP contribution < -0.4 is 5.73 Å². The van der Waals surface area contributed by atoms with E-state index in [-0.39, 0.29) is 0 Å². The van der Waals surface area contributed by atoms with Gasteiger partial charge in [-0.05, 0) is 25.9 Å². The van der Waals surface area contributed by atoms with Gasteiger partial charge in [0.25, 0.3) is 0 Å². The fraction of sp³-hybridized carbons (Fsp3) is 0.727. The van der Waals surface area contributed by atoms with Crippen molar-refractivity contribution >= 4 is 16.5 Å². The van der Waals surface area contributed by atoms with Crippen LogP contribution in [0.15, 0.2) is 6.20 Å². The van der Waals surface area contributed by atoms with Gasteiger partial charge in [-0.3, -0.25) is 4.90 Å². The van der Waals surface area contributed by atoms with E-state index in [0.717, 1.165) is 6.54 Å². The molecule has 0 atom stereocenters. The van der Waals surface area contributed by atoms with E-state index < -0.39 is 0 Å². The fourth-order valence-electron chi connectivity index (χ4n) is 2.09. The summed E-state index contributed by atoms with van der Waals surface area (Å²) in [5.41, 5.74) is 5.63. The van der Waals surface area contributed by atoms with Crippen molar-refractivity contribution in [2.45, 2.75) is 38.6 Å². The molecular weight excluding hydrogens is 206 g/mol. The second-order valence-electron chi connectivity index (χ2n) is 4.21. The molecule has 3 nitrogen and oxygen atoms in total. The van der Waals surface area contributed by atoms with Crippen LogP contribution in [0.2, 0.25) is 0 Å². The molecule has 2 heterocycles. The lowest BCUT2D eigenvalue weighted by atomic mass is 10.1. The number of hydrogen-bond acceptors (Lipinski definition) is 4. The Bertz CT molecular complexity index is 290. The average Bonchev–Trinajstić information content (AvgIpc) is 2.56. The van der Waals surface area contributed by atoms with Gasteiger partial charge in [-0.15, -0.1) is 11.3 Å². The molecule has 2 N–H and O–H groups in total. The third kappa shape index (κ3) is 3.47. The number of nitrogens with two attached hydrogens (primary N) is 1. The van der Waals surface area contributed by atoms with Gasteiger partial charge >= 0.3 is 0 Å². The van der Waals surface area contributed by atoms with Crippen molar-refractivity contribution in [3.05, 3.63) is 11.1 Å². The van der Waals surface area contributed by atoms with Crippen molar-refractivity contribution in [1.29, 1.82) is 0 Å². The minimum absolute atomic E-state index is 0.692. The summed E-state index contributed by atoms with van der Waals surface area (Å²) in [5, 5.41) is 0.692. The zero-order valence-corrected chi connectivity index (χ0v) is 9.93. The van der Waals surface area contributed by atoms with Crippen LogP contribution in [-0.2, 0) is 6.54 Å². The van der Waals surface area contributed by atoms with Gasteiger partial charge in [0.15, 0.2) is 5.13 Å². The van der Waals surface area contributed by atoms with E-state index in [0.29, 0.717) is 5.13 Å². The summed E-state index contributed by atoms with van der Waals surface area (Å²) in [6.07, 6.45) is 8.80. The standard InChI is InChI=1S/C11H19N3S/c12-11-13-8-10(15-11)9-14-6-4-2-1-3-5-7-14/h8H,1-7,9H2,(H2,12,13). The van der Waals surface area contributed by atoms with Crippen LogP contribution >= 0.6 is 11.3 Å². The first-order valence-electron chi connectivity index (χ1n) is 5.77. The molecule has 0 unspecified atom stereocenters. The molecule has 0 aromatic carbocycles. The topological polar surface area (TPSA) is 42.1 Å². The van der Waals surface area contributed by atoms with Gasteiger partial charge in [-0.1, -0.05) is 19.3 Å². The van der Waals surface area contributed by atoms with Gasteiger partial charge in [-0.25, -0.2) is 4.98 Å². The monoisotopic (exact) mass is 225 g/mol. The van der Waals surface area contributed by atoms with Crippen molar-refractivity contribution in [1.82, 2.24) is 9.88 Å². The van der Waals surface area contributed by atoms with Crippen LogP contribution in [0.3, 0.4) is 0 Å². The zero-order chi connectivity index (χ0) is 10.5. The molecule has 1 aliphatic heterocycles. The molecule has 1 saturated heterocycles. The lowest BCUT2D eigenvalue weighted by molar-refractivity contribution is 0.241. The SMILES string of the molecule is Nc1ncc(CN2CCCCCCC2)s1. The van der Waals surface area contributed by atoms with Gasteiger partial charge < -0.3 is 5.73 Å². The van der Waals surface area contributed by atoms with E-state index in [2.05, 4.69) is 9.88 Å². The second kappa shape index (κ2) is 5.47. The van der Waals surface area contributed by atoms with E-state index in [1.165, 1.54) is 50.1 Å². The van der Waals surface area contributed by atoms with Crippen molar-refractivity contribution in [3.8, 4) is 0 Å². The van der Waals surface area contributed by atoms with Crippen LogP contribution in [0, 0.1) is 0 Å². The Morgan fingerprint density at radius 2 is 1.87 bits per heavy atom. The Morgan fingerprint density at radius 1 is 1.20 bits per heavy atom. The van der Waals surface area contributed by atoms with Crippen molar-refractivity contribution < 1.29 is 0 Å². The first kappa shape index (κ1) is 10.9. The van der Waals surface area contributed by atoms with Gasteiger partial charge in [0, 0.05) is 17.6 Å². The third-order valence-electron chi connectivity index (χ3n) is 2.90. The Kier molecular flexibility index (Phi) is 3.97. The number of nitrogen functional groups attached to an aromatic ring is 1. The summed E-state index contributed by atoms with van der Waals surface area (Å²) in [6, 6.07) is 0. The number of anilines is 1. The molecule has 1 fully saturated rings. The van der Waals surface area contributed by atoms with Gasteiger partial charge in [-0.2, -0.15) is 0 Å². The zero-order valence-electron chi connectivity index (χ0n) is 9.11. The summed E-state index contributed by atoms with van der Waals surface area (Å²) in [7, 11) is 0. The number of thiazole rings is 1. The molecule has 1 aliphatic rings. The van der Waals surface area contributed by atoms with Crippen LogP contribution in [0.1, 0.15) is 37.0 Å². The molecule has 0 amide bonds. The summed E-state index contributed by atoms with van der Waals surface area (Å²) >= 11 is 1.62. The number of aromatic nitrogens is 1. The highest BCUT2D eigenvalue weighted by Gasteiger charge is 2.09. The van der Waals surface area contributed by atoms with Crippen LogP contribution in [0.25, 0.3) is 0 Å². The minimum atomic E-state index is 0.692. The van der Waals surface area contributed by atoms with Gasteiger partial charge in [0.05, 0.1) is 0 Å². The Balaban J connectivity index is 1.86. The molecule has 1 aromatic heterocycles. The molecule has 84 valence electrons. The molecule has 0 bridgehead atoms. The predicted octanol–water partition coefficient (Wildman–Crippen LogP) is 2.49. The molecule has 0 saturated carbocycles. The summed E-state index contributed by atoms with van der Waals surface area (Å²) < 4.78 is 0. The average molecular weight is 225 g/mol. The number of likely N-dealkylation sites (tertiary alicyclic amines) is 1. The molecule has 0 radical (unpaired) electrons. The van der Waals surface area contributed by atoms with Crippen LogP contribution in [0.5, 0.6) is 0 Å². The highest BCUT2D eigenvalue weighted by molar-refractivity contribution is 7.15. The number of rotatable bonds is 2. The van der Waals surface area contributed by atoms with Crippen LogP contribution in [0.4, 0.5) is 5.13 Å². The molecule has 4 heteroatoms. The van der Waals surface area contributed by atoms with Crippen molar-refractivity contribution in [3.63, 3.8) is 0 Å². The van der Waals surface area contributed by atoms with E-state index in [1.807, 2.05) is 6.20 Å². The van der Waals surface area contributed by atoms with E-state index >= 15 is 0 Å². The van der Waals surface area contributed by atoms with Crippen LogP contribution in [-0.4, -0.2) is 23.0 Å². The molecule has 1 aromatic rings. The maximum absolute atomic E-state index is 5.63. The number of hydrogen-bond donors (Lipinski definition) is 1. The summed E-state index contributed by atoms with van der Waals surface area (Å²) in [4.78, 5) is 7.93. The lowest BCUT2D eigenvalue weighted by Crippen LogP contribution is -2.26. The van der Waals surface area contributed by atoms with E-state index in [4.69, 9.17) is 5.73 Å². The minimum Gasteiger partial charge on any atom is -0.375 e. The molecule has 2 rings (SSSR count). The largest absolute Gasteiger partial charge is 0.375 e. The Morgan fingerprint density at radius 3 is 2.47 bits per heavy atom. The van der Waals surface area contributed by atoms with Gasteiger partial charge in [0.1, 0.15) is 0 Å². The first-order chi connectivity index (χ1) is 7.34. The molecule has 15 heavy (non-hydrogen) atoms. The maximum Gasteiger partial charge on any atom is 0.180 e. The fourth-order valence-corrected chi connectivity index (χ4v) is 2.81. The lowest BCUT2D eigenvalue weighted by Gasteiger charge is -2.23. The van der Waals surface area contributed by atoms with Crippen molar-refractivity contribution in [2.24, 2.45) is 0 Å². The maximum atomic E-state index is 5.63. The molecular formula is C11H19N3S. The first-order valence-corrected chi connectivity index (χ1v) is 6.59.